The summed E-state index contributed by atoms with van der Waals surface area (Å²) in [7, 11) is 1.84. The van der Waals surface area contributed by atoms with Crippen LogP contribution in [0, 0.1) is 5.82 Å². The quantitative estimate of drug-likeness (QED) is 0.850. The van der Waals surface area contributed by atoms with Gasteiger partial charge in [0.1, 0.15) is 5.82 Å². The third-order valence-corrected chi connectivity index (χ3v) is 4.39. The highest BCUT2D eigenvalue weighted by molar-refractivity contribution is 5.91. The van der Waals surface area contributed by atoms with Gasteiger partial charge >= 0.3 is 0 Å². The van der Waals surface area contributed by atoms with Gasteiger partial charge in [0.2, 0.25) is 5.91 Å². The standard InChI is InChI=1S/C18H19FN2O/c1-21(13-8-14-6-11-20-12-7-14)17(22)18(9-10-18)15-2-4-16(19)5-3-15/h2-7,11-12H,8-10,13H2,1H3. The molecule has 1 fully saturated rings. The number of halogens is 1. The minimum absolute atomic E-state index is 0.133. The molecule has 4 heteroatoms. The molecule has 22 heavy (non-hydrogen) atoms. The van der Waals surface area contributed by atoms with E-state index >= 15 is 0 Å². The predicted octanol–water partition coefficient (Wildman–Crippen LogP) is 2.95. The number of aromatic nitrogens is 1. The molecule has 0 unspecified atom stereocenters. The summed E-state index contributed by atoms with van der Waals surface area (Å²) >= 11 is 0. The fraction of sp³-hybridized carbons (Fsp3) is 0.333. The summed E-state index contributed by atoms with van der Waals surface area (Å²) in [5.41, 5.74) is 1.66. The van der Waals surface area contributed by atoms with Gasteiger partial charge in [0.25, 0.3) is 0 Å². The lowest BCUT2D eigenvalue weighted by molar-refractivity contribution is -0.132. The van der Waals surface area contributed by atoms with Crippen molar-refractivity contribution in [3.05, 3.63) is 65.7 Å². The SMILES string of the molecule is CN(CCc1ccncc1)C(=O)C1(c2ccc(F)cc2)CC1. The molecule has 0 spiro atoms. The highest BCUT2D eigenvalue weighted by Gasteiger charge is 2.52. The summed E-state index contributed by atoms with van der Waals surface area (Å²) in [6.45, 7) is 0.672. The molecule has 1 heterocycles. The predicted molar refractivity (Wildman–Crippen MR) is 82.9 cm³/mol. The Bertz CT molecular complexity index is 651. The van der Waals surface area contributed by atoms with E-state index in [1.807, 2.05) is 19.2 Å². The highest BCUT2D eigenvalue weighted by Crippen LogP contribution is 2.49. The lowest BCUT2D eigenvalue weighted by Gasteiger charge is -2.24. The van der Waals surface area contributed by atoms with Crippen LogP contribution in [0.5, 0.6) is 0 Å². The molecule has 114 valence electrons. The average Bonchev–Trinajstić information content (AvgIpc) is 3.35. The minimum atomic E-state index is -0.430. The average molecular weight is 298 g/mol. The van der Waals surface area contributed by atoms with Crippen molar-refractivity contribution < 1.29 is 9.18 Å². The van der Waals surface area contributed by atoms with Gasteiger partial charge in [0, 0.05) is 26.0 Å². The lowest BCUT2D eigenvalue weighted by atomic mass is 9.94. The van der Waals surface area contributed by atoms with E-state index in [0.717, 1.165) is 24.8 Å². The van der Waals surface area contributed by atoms with E-state index in [2.05, 4.69) is 4.98 Å². The third-order valence-electron chi connectivity index (χ3n) is 4.39. The topological polar surface area (TPSA) is 33.2 Å². The van der Waals surface area contributed by atoms with E-state index in [-0.39, 0.29) is 11.7 Å². The van der Waals surface area contributed by atoms with Gasteiger partial charge in [-0.1, -0.05) is 12.1 Å². The maximum Gasteiger partial charge on any atom is 0.232 e. The van der Waals surface area contributed by atoms with Crippen LogP contribution in [0.2, 0.25) is 0 Å². The number of rotatable bonds is 5. The van der Waals surface area contributed by atoms with Gasteiger partial charge in [0.05, 0.1) is 5.41 Å². The monoisotopic (exact) mass is 298 g/mol. The molecular formula is C18H19FN2O. The Kier molecular flexibility index (Phi) is 3.92. The Hall–Kier alpha value is -2.23. The van der Waals surface area contributed by atoms with Crippen molar-refractivity contribution >= 4 is 5.91 Å². The lowest BCUT2D eigenvalue weighted by Crippen LogP contribution is -2.37. The second kappa shape index (κ2) is 5.87. The fourth-order valence-electron chi connectivity index (χ4n) is 2.83. The molecule has 0 bridgehead atoms. The molecule has 1 aliphatic rings. The zero-order chi connectivity index (χ0) is 15.6. The van der Waals surface area contributed by atoms with Crippen molar-refractivity contribution in [1.29, 1.82) is 0 Å². The normalized spacial score (nSPS) is 15.4. The van der Waals surface area contributed by atoms with Crippen LogP contribution in [-0.2, 0) is 16.6 Å². The Morgan fingerprint density at radius 1 is 1.18 bits per heavy atom. The molecule has 0 atom stereocenters. The van der Waals surface area contributed by atoms with Gasteiger partial charge < -0.3 is 4.90 Å². The van der Waals surface area contributed by atoms with Crippen molar-refractivity contribution in [3.8, 4) is 0 Å². The first-order valence-electron chi connectivity index (χ1n) is 7.52. The van der Waals surface area contributed by atoms with Crippen molar-refractivity contribution in [2.45, 2.75) is 24.7 Å². The van der Waals surface area contributed by atoms with Crippen LogP contribution in [0.4, 0.5) is 4.39 Å². The van der Waals surface area contributed by atoms with Crippen molar-refractivity contribution in [3.63, 3.8) is 0 Å². The van der Waals surface area contributed by atoms with E-state index < -0.39 is 5.41 Å². The molecule has 3 nitrogen and oxygen atoms in total. The first-order valence-corrected chi connectivity index (χ1v) is 7.52. The van der Waals surface area contributed by atoms with Crippen LogP contribution >= 0.6 is 0 Å². The zero-order valence-electron chi connectivity index (χ0n) is 12.6. The van der Waals surface area contributed by atoms with E-state index in [0.29, 0.717) is 6.54 Å². The summed E-state index contributed by atoms with van der Waals surface area (Å²) in [5.74, 6) is -0.133. The molecule has 1 amide bonds. The Morgan fingerprint density at radius 3 is 2.41 bits per heavy atom. The molecule has 1 saturated carbocycles. The maximum atomic E-state index is 13.1. The van der Waals surface area contributed by atoms with Crippen LogP contribution in [0.25, 0.3) is 0 Å². The summed E-state index contributed by atoms with van der Waals surface area (Å²) in [4.78, 5) is 18.5. The molecule has 0 radical (unpaired) electrons. The second-order valence-electron chi connectivity index (χ2n) is 5.92. The second-order valence-corrected chi connectivity index (χ2v) is 5.92. The molecule has 3 rings (SSSR count). The van der Waals surface area contributed by atoms with E-state index in [1.165, 1.54) is 17.7 Å². The van der Waals surface area contributed by atoms with Crippen LogP contribution in [-0.4, -0.2) is 29.4 Å². The molecule has 1 aromatic carbocycles. The van der Waals surface area contributed by atoms with Crippen LogP contribution in [0.1, 0.15) is 24.0 Å². The summed E-state index contributed by atoms with van der Waals surface area (Å²) in [6.07, 6.45) is 6.02. The number of likely N-dealkylation sites (N-methyl/N-ethyl adjacent to an activating group) is 1. The van der Waals surface area contributed by atoms with Crippen LogP contribution in [0.3, 0.4) is 0 Å². The van der Waals surface area contributed by atoms with Crippen molar-refractivity contribution in [1.82, 2.24) is 9.88 Å². The van der Waals surface area contributed by atoms with Gasteiger partial charge in [-0.05, 0) is 54.7 Å². The molecular weight excluding hydrogens is 279 g/mol. The Balaban J connectivity index is 1.66. The van der Waals surface area contributed by atoms with Gasteiger partial charge in [0.15, 0.2) is 0 Å². The molecule has 0 saturated heterocycles. The smallest absolute Gasteiger partial charge is 0.232 e. The molecule has 2 aromatic rings. The van der Waals surface area contributed by atoms with Crippen LogP contribution in [0.15, 0.2) is 48.8 Å². The van der Waals surface area contributed by atoms with Crippen LogP contribution < -0.4 is 0 Å². The van der Waals surface area contributed by atoms with Gasteiger partial charge in [-0.2, -0.15) is 0 Å². The molecule has 1 aromatic heterocycles. The van der Waals surface area contributed by atoms with E-state index in [1.54, 1.807) is 29.4 Å². The number of hydrogen-bond donors (Lipinski definition) is 0. The first kappa shape index (κ1) is 14.7. The Morgan fingerprint density at radius 2 is 1.82 bits per heavy atom. The van der Waals surface area contributed by atoms with Crippen molar-refractivity contribution in [2.24, 2.45) is 0 Å². The number of hydrogen-bond acceptors (Lipinski definition) is 2. The number of pyridine rings is 1. The van der Waals surface area contributed by atoms with E-state index in [9.17, 15) is 9.18 Å². The van der Waals surface area contributed by atoms with Gasteiger partial charge in [-0.3, -0.25) is 9.78 Å². The fourth-order valence-corrected chi connectivity index (χ4v) is 2.83. The number of amides is 1. The largest absolute Gasteiger partial charge is 0.345 e. The molecule has 1 aliphatic carbocycles. The molecule has 0 aliphatic heterocycles. The zero-order valence-corrected chi connectivity index (χ0v) is 12.6. The third kappa shape index (κ3) is 2.86. The number of nitrogens with zero attached hydrogens (tertiary/aromatic N) is 2. The summed E-state index contributed by atoms with van der Waals surface area (Å²) < 4.78 is 13.1. The first-order chi connectivity index (χ1) is 10.6. The van der Waals surface area contributed by atoms with Crippen molar-refractivity contribution in [2.75, 3.05) is 13.6 Å². The summed E-state index contributed by atoms with van der Waals surface area (Å²) in [5, 5.41) is 0. The van der Waals surface area contributed by atoms with E-state index in [4.69, 9.17) is 0 Å². The Labute approximate surface area is 129 Å². The maximum absolute atomic E-state index is 13.1. The minimum Gasteiger partial charge on any atom is -0.345 e. The molecule has 0 N–H and O–H groups in total. The summed E-state index contributed by atoms with van der Waals surface area (Å²) in [6, 6.07) is 10.3. The number of carbonyl (C=O) groups excluding carboxylic acids is 1. The number of benzene rings is 1. The van der Waals surface area contributed by atoms with Gasteiger partial charge in [-0.25, -0.2) is 4.39 Å². The number of carbonyl (C=O) groups is 1. The highest BCUT2D eigenvalue weighted by atomic mass is 19.1. The van der Waals surface area contributed by atoms with Gasteiger partial charge in [-0.15, -0.1) is 0 Å².